The largest absolute Gasteiger partial charge is 0.354 e. The molecule has 1 heterocycles. The summed E-state index contributed by atoms with van der Waals surface area (Å²) < 4.78 is 0. The van der Waals surface area contributed by atoms with Crippen LogP contribution in [0.4, 0.5) is 4.79 Å². The average molecular weight is 848 g/mol. The van der Waals surface area contributed by atoms with E-state index < -0.39 is 29.8 Å². The van der Waals surface area contributed by atoms with Crippen LogP contribution in [0.1, 0.15) is 128 Å². The van der Waals surface area contributed by atoms with E-state index in [9.17, 15) is 28.8 Å². The van der Waals surface area contributed by atoms with Crippen LogP contribution >= 0.6 is 0 Å². The maximum Gasteiger partial charge on any atom is 0.315 e. The molecular formula is C49H65N7O6. The number of benzene rings is 3. The van der Waals surface area contributed by atoms with Crippen LogP contribution in [0.3, 0.4) is 0 Å². The number of unbranched alkanes of at least 4 members (excludes halogenated alkanes) is 7. The second kappa shape index (κ2) is 22.9. The predicted octanol–water partition coefficient (Wildman–Crippen LogP) is 5.78. The number of amides is 7. The molecule has 0 bridgehead atoms. The minimum absolute atomic E-state index is 0.0267. The third-order valence-electron chi connectivity index (χ3n) is 12.4. The number of carbonyl (C=O) groups is 6. The van der Waals surface area contributed by atoms with Crippen molar-refractivity contribution in [3.63, 3.8) is 0 Å². The Balaban J connectivity index is 1.05. The summed E-state index contributed by atoms with van der Waals surface area (Å²) >= 11 is 0. The van der Waals surface area contributed by atoms with E-state index in [0.29, 0.717) is 18.7 Å². The van der Waals surface area contributed by atoms with Gasteiger partial charge in [0.2, 0.25) is 17.7 Å². The van der Waals surface area contributed by atoms with Crippen molar-refractivity contribution < 1.29 is 28.8 Å². The highest BCUT2D eigenvalue weighted by molar-refractivity contribution is 5.99. The van der Waals surface area contributed by atoms with Gasteiger partial charge in [-0.2, -0.15) is 0 Å². The van der Waals surface area contributed by atoms with Gasteiger partial charge >= 0.3 is 6.03 Å². The van der Waals surface area contributed by atoms with Gasteiger partial charge in [-0.3, -0.25) is 24.0 Å². The van der Waals surface area contributed by atoms with Gasteiger partial charge in [0.25, 0.3) is 11.8 Å². The number of rotatable bonds is 23. The van der Waals surface area contributed by atoms with Gasteiger partial charge in [-0.1, -0.05) is 119 Å². The van der Waals surface area contributed by atoms with Crippen LogP contribution in [0.2, 0.25) is 0 Å². The zero-order valence-corrected chi connectivity index (χ0v) is 36.3. The standard InChI is InChI=1S/C49H65N7O6/c1-3-5-7-9-17-27-51-49(62)55-43(47(60)50-26-16-8-6-4-2)30-52-44(57)35-22-24-36(25-23-35)48(61)56-31-39(45(58)53-41-28-37(41)33-18-12-10-13-19-33)40(32-56)46(59)54-42-29-38(42)34-20-14-11-15-21-34/h10-15,18-25,37-43H,3-9,16-17,26-32H2,1-2H3,(H,50,60)(H,52,57)(H,53,58)(H,54,59)(H2,51,55,62)/t37-,38-,39?,40?,41+,42+,43+/m1/s1. The van der Waals surface area contributed by atoms with Crippen molar-refractivity contribution in [2.45, 2.75) is 114 Å². The Morgan fingerprint density at radius 3 is 1.60 bits per heavy atom. The second-order valence-electron chi connectivity index (χ2n) is 17.2. The lowest BCUT2D eigenvalue weighted by Gasteiger charge is -2.20. The Labute approximate surface area is 366 Å². The van der Waals surface area contributed by atoms with Crippen LogP contribution in [0.15, 0.2) is 84.9 Å². The summed E-state index contributed by atoms with van der Waals surface area (Å²) in [6, 6.07) is 24.7. The molecule has 1 aliphatic heterocycles. The van der Waals surface area contributed by atoms with Crippen LogP contribution in [-0.4, -0.2) is 91.3 Å². The van der Waals surface area contributed by atoms with Gasteiger partial charge in [0, 0.05) is 67.8 Å². The van der Waals surface area contributed by atoms with Gasteiger partial charge in [-0.25, -0.2) is 4.79 Å². The first kappa shape index (κ1) is 45.8. The molecule has 6 N–H and O–H groups in total. The Bertz CT molecular complexity index is 1890. The van der Waals surface area contributed by atoms with Crippen LogP contribution in [0.5, 0.6) is 0 Å². The fourth-order valence-electron chi connectivity index (χ4n) is 8.41. The van der Waals surface area contributed by atoms with Crippen molar-refractivity contribution in [3.05, 3.63) is 107 Å². The molecule has 2 aliphatic carbocycles. The van der Waals surface area contributed by atoms with E-state index in [2.05, 4.69) is 70.0 Å². The summed E-state index contributed by atoms with van der Waals surface area (Å²) in [6.07, 6.45) is 10.8. The highest BCUT2D eigenvalue weighted by Gasteiger charge is 2.49. The molecule has 13 heteroatoms. The molecule has 3 aromatic rings. The van der Waals surface area contributed by atoms with Crippen molar-refractivity contribution >= 4 is 35.6 Å². The molecule has 2 saturated carbocycles. The third kappa shape index (κ3) is 13.1. The van der Waals surface area contributed by atoms with E-state index in [4.69, 9.17) is 0 Å². The quantitative estimate of drug-likeness (QED) is 0.0659. The average Bonchev–Trinajstić information content (AvgIpc) is 4.20. The number of hydrogen-bond donors (Lipinski definition) is 6. The van der Waals surface area contributed by atoms with E-state index in [-0.39, 0.29) is 72.7 Å². The number of likely N-dealkylation sites (tertiary alicyclic amines) is 1. The fraction of sp³-hybridized carbons (Fsp3) is 0.510. The molecule has 0 radical (unpaired) electrons. The predicted molar refractivity (Wildman–Crippen MR) is 239 cm³/mol. The zero-order chi connectivity index (χ0) is 43.8. The van der Waals surface area contributed by atoms with Gasteiger partial charge in [-0.15, -0.1) is 0 Å². The third-order valence-corrected chi connectivity index (χ3v) is 12.4. The molecule has 3 fully saturated rings. The van der Waals surface area contributed by atoms with E-state index in [1.807, 2.05) is 36.4 Å². The number of nitrogens with zero attached hydrogens (tertiary/aromatic N) is 1. The van der Waals surface area contributed by atoms with Crippen LogP contribution < -0.4 is 31.9 Å². The molecule has 6 rings (SSSR count). The SMILES string of the molecule is CCCCCCCNC(=O)N[C@@H](CNC(=O)c1ccc(C(=O)N2CC(C(=O)N[C@H]3C[C@@H]3c3ccccc3)C(C(=O)N[C@H]3C[C@@H]3c3ccccc3)C2)cc1)C(=O)NCCCCCC. The summed E-state index contributed by atoms with van der Waals surface area (Å²) in [5, 5.41) is 17.5. The van der Waals surface area contributed by atoms with Gasteiger partial charge < -0.3 is 36.8 Å². The summed E-state index contributed by atoms with van der Waals surface area (Å²) in [7, 11) is 0. The maximum atomic E-state index is 14.0. The number of urea groups is 1. The number of carbonyl (C=O) groups excluding carboxylic acids is 6. The molecule has 3 aliphatic rings. The molecule has 7 amide bonds. The normalized spacial score (nSPS) is 21.5. The first-order chi connectivity index (χ1) is 30.2. The van der Waals surface area contributed by atoms with Crippen LogP contribution in [0.25, 0.3) is 0 Å². The molecule has 7 atom stereocenters. The van der Waals surface area contributed by atoms with Crippen LogP contribution in [-0.2, 0) is 14.4 Å². The van der Waals surface area contributed by atoms with Gasteiger partial charge in [-0.05, 0) is 61.1 Å². The molecular weight excluding hydrogens is 783 g/mol. The lowest BCUT2D eigenvalue weighted by Crippen LogP contribution is -2.55. The first-order valence-corrected chi connectivity index (χ1v) is 22.9. The maximum absolute atomic E-state index is 14.0. The van der Waals surface area contributed by atoms with Crippen LogP contribution in [0, 0.1) is 11.8 Å². The Morgan fingerprint density at radius 2 is 1.06 bits per heavy atom. The van der Waals surface area contributed by atoms with Crippen molar-refractivity contribution in [3.8, 4) is 0 Å². The molecule has 62 heavy (non-hydrogen) atoms. The van der Waals surface area contributed by atoms with E-state index in [0.717, 1.165) is 81.8 Å². The first-order valence-electron chi connectivity index (χ1n) is 22.9. The Hall–Kier alpha value is -5.72. The monoisotopic (exact) mass is 847 g/mol. The van der Waals surface area contributed by atoms with Crippen molar-refractivity contribution in [1.82, 2.24) is 36.8 Å². The summed E-state index contributed by atoms with van der Waals surface area (Å²) in [6.45, 7) is 5.26. The molecule has 1 saturated heterocycles. The highest BCUT2D eigenvalue weighted by Crippen LogP contribution is 2.42. The van der Waals surface area contributed by atoms with Gasteiger partial charge in [0.1, 0.15) is 6.04 Å². The topological polar surface area (TPSA) is 178 Å². The number of nitrogens with one attached hydrogen (secondary N) is 6. The zero-order valence-electron chi connectivity index (χ0n) is 36.3. The molecule has 13 nitrogen and oxygen atoms in total. The molecule has 0 spiro atoms. The lowest BCUT2D eigenvalue weighted by molar-refractivity contribution is -0.133. The summed E-state index contributed by atoms with van der Waals surface area (Å²) in [4.78, 5) is 82.4. The van der Waals surface area contributed by atoms with E-state index >= 15 is 0 Å². The summed E-state index contributed by atoms with van der Waals surface area (Å²) in [5.74, 6) is -2.68. The van der Waals surface area contributed by atoms with Crippen molar-refractivity contribution in [2.75, 3.05) is 32.7 Å². The molecule has 0 aromatic heterocycles. The van der Waals surface area contributed by atoms with Crippen molar-refractivity contribution in [2.24, 2.45) is 11.8 Å². The smallest absolute Gasteiger partial charge is 0.315 e. The fourth-order valence-corrected chi connectivity index (χ4v) is 8.41. The Morgan fingerprint density at radius 1 is 0.581 bits per heavy atom. The van der Waals surface area contributed by atoms with Gasteiger partial charge in [0.05, 0.1) is 11.8 Å². The second-order valence-corrected chi connectivity index (χ2v) is 17.2. The van der Waals surface area contributed by atoms with E-state index in [1.54, 1.807) is 17.0 Å². The highest BCUT2D eigenvalue weighted by atomic mass is 16.2. The minimum atomic E-state index is -0.996. The molecule has 2 unspecified atom stereocenters. The summed E-state index contributed by atoms with van der Waals surface area (Å²) in [5.41, 5.74) is 2.90. The molecule has 3 aromatic carbocycles. The Kier molecular flexibility index (Phi) is 16.9. The van der Waals surface area contributed by atoms with E-state index in [1.165, 1.54) is 12.1 Å². The minimum Gasteiger partial charge on any atom is -0.354 e. The molecule has 332 valence electrons. The number of hydrogen-bond acceptors (Lipinski definition) is 6. The lowest BCUT2D eigenvalue weighted by atomic mass is 9.94. The van der Waals surface area contributed by atoms with Crippen molar-refractivity contribution in [1.29, 1.82) is 0 Å². The van der Waals surface area contributed by atoms with Gasteiger partial charge in [0.15, 0.2) is 0 Å².